The van der Waals surface area contributed by atoms with Gasteiger partial charge in [-0.05, 0) is 12.8 Å². The van der Waals surface area contributed by atoms with Crippen molar-refractivity contribution in [3.63, 3.8) is 0 Å². The van der Waals surface area contributed by atoms with Gasteiger partial charge >= 0.3 is 5.97 Å². The van der Waals surface area contributed by atoms with Crippen LogP contribution >= 0.6 is 0 Å². The Bertz CT molecular complexity index is 683. The van der Waals surface area contributed by atoms with Crippen molar-refractivity contribution in [1.82, 2.24) is 19.9 Å². The molecule has 1 aliphatic rings. The molecule has 2 unspecified atom stereocenters. The van der Waals surface area contributed by atoms with Crippen molar-refractivity contribution in [3.8, 4) is 0 Å². The summed E-state index contributed by atoms with van der Waals surface area (Å²) in [4.78, 5) is 38.5. The summed E-state index contributed by atoms with van der Waals surface area (Å²) in [5.41, 5.74) is 0.993. The molecular formula is C13H15N5O3. The van der Waals surface area contributed by atoms with Crippen LogP contribution in [0.2, 0.25) is 0 Å². The second-order valence-corrected chi connectivity index (χ2v) is 5.15. The average molecular weight is 289 g/mol. The van der Waals surface area contributed by atoms with E-state index in [1.54, 1.807) is 0 Å². The number of carbonyl (C=O) groups is 2. The quantitative estimate of drug-likeness (QED) is 0.780. The summed E-state index contributed by atoms with van der Waals surface area (Å²) >= 11 is 0. The van der Waals surface area contributed by atoms with Gasteiger partial charge in [-0.25, -0.2) is 15.0 Å². The number of hydrogen-bond donors (Lipinski definition) is 3. The molecule has 110 valence electrons. The zero-order valence-electron chi connectivity index (χ0n) is 11.2. The molecule has 0 spiro atoms. The topological polar surface area (TPSA) is 121 Å². The number of amides is 1. The van der Waals surface area contributed by atoms with Gasteiger partial charge in [0.05, 0.1) is 18.2 Å². The first-order valence-corrected chi connectivity index (χ1v) is 6.84. The first-order chi connectivity index (χ1) is 10.2. The molecule has 8 nitrogen and oxygen atoms in total. The Balaban J connectivity index is 1.82. The summed E-state index contributed by atoms with van der Waals surface area (Å²) in [5.74, 6) is -2.04. The molecule has 8 heteroatoms. The van der Waals surface area contributed by atoms with Crippen LogP contribution in [0.3, 0.4) is 0 Å². The number of carboxylic acid groups (broad SMARTS) is 1. The summed E-state index contributed by atoms with van der Waals surface area (Å²) in [6.07, 6.45) is 5.62. The minimum absolute atomic E-state index is 0.309. The molecule has 1 amide bonds. The molecule has 1 fully saturated rings. The third-order valence-corrected chi connectivity index (χ3v) is 3.88. The standard InChI is InChI=1S/C13H15N5O3/c19-12(7-3-1-2-4-8(7)13(20)21)18-11-9-10(15-5-14-9)16-6-17-11/h5-8H,1-4H2,(H,20,21)(H2,14,15,16,17,18,19). The van der Waals surface area contributed by atoms with Gasteiger partial charge in [0, 0.05) is 0 Å². The molecule has 21 heavy (non-hydrogen) atoms. The second kappa shape index (κ2) is 5.47. The predicted molar refractivity (Wildman–Crippen MR) is 73.4 cm³/mol. The Labute approximate surface area is 120 Å². The number of H-pyrrole nitrogens is 1. The lowest BCUT2D eigenvalue weighted by atomic mass is 9.79. The third kappa shape index (κ3) is 2.56. The number of aromatic amines is 1. The number of aliphatic carboxylic acids is 1. The van der Waals surface area contributed by atoms with Crippen molar-refractivity contribution in [2.75, 3.05) is 5.32 Å². The summed E-state index contributed by atoms with van der Waals surface area (Å²) < 4.78 is 0. The van der Waals surface area contributed by atoms with Gasteiger partial charge in [0.15, 0.2) is 11.5 Å². The molecule has 2 heterocycles. The minimum atomic E-state index is -0.913. The van der Waals surface area contributed by atoms with Crippen LogP contribution in [0.15, 0.2) is 12.7 Å². The van der Waals surface area contributed by atoms with E-state index in [2.05, 4.69) is 25.3 Å². The molecule has 0 aliphatic heterocycles. The van der Waals surface area contributed by atoms with Crippen LogP contribution in [0.25, 0.3) is 11.2 Å². The Kier molecular flexibility index (Phi) is 3.51. The van der Waals surface area contributed by atoms with Crippen LogP contribution in [0, 0.1) is 11.8 Å². The third-order valence-electron chi connectivity index (χ3n) is 3.88. The van der Waals surface area contributed by atoms with Gasteiger partial charge in [-0.3, -0.25) is 9.59 Å². The molecule has 3 N–H and O–H groups in total. The Hall–Kier alpha value is -2.51. The zero-order chi connectivity index (χ0) is 14.8. The van der Waals surface area contributed by atoms with E-state index in [1.807, 2.05) is 0 Å². The smallest absolute Gasteiger partial charge is 0.307 e. The van der Waals surface area contributed by atoms with Crippen molar-refractivity contribution in [3.05, 3.63) is 12.7 Å². The van der Waals surface area contributed by atoms with Crippen LogP contribution in [-0.4, -0.2) is 36.9 Å². The number of imidazole rings is 1. The SMILES string of the molecule is O=C(O)C1CCCCC1C(=O)Nc1ncnc2nc[nH]c12. The molecule has 2 aromatic heterocycles. The molecule has 0 bridgehead atoms. The van der Waals surface area contributed by atoms with Crippen LogP contribution in [0.1, 0.15) is 25.7 Å². The van der Waals surface area contributed by atoms with Crippen molar-refractivity contribution < 1.29 is 14.7 Å². The highest BCUT2D eigenvalue weighted by atomic mass is 16.4. The first-order valence-electron chi connectivity index (χ1n) is 6.84. The Morgan fingerprint density at radius 1 is 1.19 bits per heavy atom. The summed E-state index contributed by atoms with van der Waals surface area (Å²) in [6.45, 7) is 0. The van der Waals surface area contributed by atoms with E-state index >= 15 is 0 Å². The molecule has 0 saturated heterocycles. The molecule has 3 rings (SSSR count). The van der Waals surface area contributed by atoms with E-state index in [-0.39, 0.29) is 5.91 Å². The largest absolute Gasteiger partial charge is 0.481 e. The number of rotatable bonds is 3. The fourth-order valence-corrected chi connectivity index (χ4v) is 2.81. The summed E-state index contributed by atoms with van der Waals surface area (Å²) in [7, 11) is 0. The lowest BCUT2D eigenvalue weighted by molar-refractivity contribution is -0.147. The van der Waals surface area contributed by atoms with Crippen LogP contribution in [0.5, 0.6) is 0 Å². The molecule has 1 saturated carbocycles. The molecule has 2 atom stereocenters. The lowest BCUT2D eigenvalue weighted by Gasteiger charge is -2.27. The number of carboxylic acids is 1. The van der Waals surface area contributed by atoms with Gasteiger partial charge < -0.3 is 15.4 Å². The van der Waals surface area contributed by atoms with Crippen LogP contribution in [-0.2, 0) is 9.59 Å². The average Bonchev–Trinajstić information content (AvgIpc) is 2.96. The number of nitrogens with one attached hydrogen (secondary N) is 2. The monoisotopic (exact) mass is 289 g/mol. The van der Waals surface area contributed by atoms with Gasteiger partial charge in [0.1, 0.15) is 11.8 Å². The molecule has 1 aliphatic carbocycles. The predicted octanol–water partition coefficient (Wildman–Crippen LogP) is 1.18. The summed E-state index contributed by atoms with van der Waals surface area (Å²) in [5, 5.41) is 11.9. The lowest BCUT2D eigenvalue weighted by Crippen LogP contribution is -2.36. The number of aromatic nitrogens is 4. The van der Waals surface area contributed by atoms with E-state index in [0.29, 0.717) is 29.8 Å². The van der Waals surface area contributed by atoms with E-state index < -0.39 is 17.8 Å². The van der Waals surface area contributed by atoms with E-state index in [0.717, 1.165) is 12.8 Å². The number of hydrogen-bond acceptors (Lipinski definition) is 5. The maximum atomic E-state index is 12.4. The number of anilines is 1. The van der Waals surface area contributed by atoms with Crippen LogP contribution < -0.4 is 5.32 Å². The fourth-order valence-electron chi connectivity index (χ4n) is 2.81. The van der Waals surface area contributed by atoms with Gasteiger partial charge in [0.25, 0.3) is 0 Å². The Morgan fingerprint density at radius 2 is 1.95 bits per heavy atom. The van der Waals surface area contributed by atoms with Crippen molar-refractivity contribution >= 4 is 28.9 Å². The number of fused-ring (bicyclic) bond motifs is 1. The first kappa shape index (κ1) is 13.5. The number of nitrogens with zero attached hydrogens (tertiary/aromatic N) is 3. The normalized spacial score (nSPS) is 22.1. The zero-order valence-corrected chi connectivity index (χ0v) is 11.2. The molecule has 0 radical (unpaired) electrons. The van der Waals surface area contributed by atoms with E-state index in [4.69, 9.17) is 0 Å². The fraction of sp³-hybridized carbons (Fsp3) is 0.462. The van der Waals surface area contributed by atoms with Crippen molar-refractivity contribution in [2.24, 2.45) is 11.8 Å². The van der Waals surface area contributed by atoms with Gasteiger partial charge in [0.2, 0.25) is 5.91 Å². The highest BCUT2D eigenvalue weighted by molar-refractivity contribution is 5.99. The van der Waals surface area contributed by atoms with Gasteiger partial charge in [-0.1, -0.05) is 12.8 Å². The summed E-state index contributed by atoms with van der Waals surface area (Å²) in [6, 6.07) is 0. The Morgan fingerprint density at radius 3 is 2.71 bits per heavy atom. The molecule has 0 aromatic carbocycles. The second-order valence-electron chi connectivity index (χ2n) is 5.15. The van der Waals surface area contributed by atoms with Crippen molar-refractivity contribution in [1.29, 1.82) is 0 Å². The van der Waals surface area contributed by atoms with Crippen LogP contribution in [0.4, 0.5) is 5.82 Å². The van der Waals surface area contributed by atoms with Crippen molar-refractivity contribution in [2.45, 2.75) is 25.7 Å². The van der Waals surface area contributed by atoms with E-state index in [9.17, 15) is 14.7 Å². The maximum Gasteiger partial charge on any atom is 0.307 e. The highest BCUT2D eigenvalue weighted by Crippen LogP contribution is 2.31. The van der Waals surface area contributed by atoms with E-state index in [1.165, 1.54) is 12.7 Å². The number of carbonyl (C=O) groups excluding carboxylic acids is 1. The van der Waals surface area contributed by atoms with Gasteiger partial charge in [-0.2, -0.15) is 0 Å². The molecule has 2 aromatic rings. The minimum Gasteiger partial charge on any atom is -0.481 e. The van der Waals surface area contributed by atoms with Gasteiger partial charge in [-0.15, -0.1) is 0 Å². The highest BCUT2D eigenvalue weighted by Gasteiger charge is 2.36. The molecular weight excluding hydrogens is 274 g/mol. The maximum absolute atomic E-state index is 12.4.